The molecule has 2 aromatic rings. The van der Waals surface area contributed by atoms with Crippen LogP contribution in [0.5, 0.6) is 11.5 Å². The normalized spacial score (nSPS) is 10.4. The van der Waals surface area contributed by atoms with E-state index >= 15 is 0 Å². The van der Waals surface area contributed by atoms with Gasteiger partial charge >= 0.3 is 0 Å². The van der Waals surface area contributed by atoms with Gasteiger partial charge in [-0.05, 0) is 36.2 Å². The lowest BCUT2D eigenvalue weighted by atomic mass is 10.1. The number of amides is 1. The van der Waals surface area contributed by atoms with Crippen LogP contribution in [0.1, 0.15) is 29.8 Å². The molecule has 0 aliphatic carbocycles. The fraction of sp³-hybridized carbons (Fsp3) is 0.350. The predicted octanol–water partition coefficient (Wildman–Crippen LogP) is 3.70. The van der Waals surface area contributed by atoms with E-state index in [1.165, 1.54) is 0 Å². The summed E-state index contributed by atoms with van der Waals surface area (Å²) in [5.74, 6) is 1.88. The van der Waals surface area contributed by atoms with E-state index in [9.17, 15) is 4.79 Å². The van der Waals surface area contributed by atoms with E-state index in [2.05, 4.69) is 24.5 Å². The molecular formula is C20H26N2O3. The Bertz CT molecular complexity index is 714. The van der Waals surface area contributed by atoms with E-state index in [0.29, 0.717) is 24.6 Å². The fourth-order valence-corrected chi connectivity index (χ4v) is 2.36. The molecule has 1 amide bonds. The molecule has 134 valence electrons. The third kappa shape index (κ3) is 5.41. The SMILES string of the molecule is COc1ccc(CNc2cccc(C(=O)NCC(C)C)c2)c(OC)c1. The van der Waals surface area contributed by atoms with Crippen LogP contribution < -0.4 is 20.1 Å². The van der Waals surface area contributed by atoms with Crippen molar-refractivity contribution in [3.8, 4) is 11.5 Å². The van der Waals surface area contributed by atoms with Crippen LogP contribution in [0.2, 0.25) is 0 Å². The number of nitrogens with one attached hydrogen (secondary N) is 2. The maximum absolute atomic E-state index is 12.2. The molecule has 0 saturated carbocycles. The van der Waals surface area contributed by atoms with Gasteiger partial charge in [0.05, 0.1) is 14.2 Å². The molecule has 0 aromatic heterocycles. The van der Waals surface area contributed by atoms with E-state index in [-0.39, 0.29) is 5.91 Å². The molecule has 0 radical (unpaired) electrons. The molecule has 5 nitrogen and oxygen atoms in total. The Hall–Kier alpha value is -2.69. The van der Waals surface area contributed by atoms with Crippen molar-refractivity contribution in [2.24, 2.45) is 5.92 Å². The van der Waals surface area contributed by atoms with E-state index in [1.54, 1.807) is 14.2 Å². The van der Waals surface area contributed by atoms with Crippen LogP contribution in [0.3, 0.4) is 0 Å². The number of hydrogen-bond acceptors (Lipinski definition) is 4. The van der Waals surface area contributed by atoms with Gasteiger partial charge in [0, 0.05) is 36.0 Å². The number of anilines is 1. The summed E-state index contributed by atoms with van der Waals surface area (Å²) in [5, 5.41) is 6.26. The van der Waals surface area contributed by atoms with E-state index in [4.69, 9.17) is 9.47 Å². The molecule has 0 spiro atoms. The lowest BCUT2D eigenvalue weighted by Crippen LogP contribution is -2.27. The van der Waals surface area contributed by atoms with Crippen molar-refractivity contribution in [3.63, 3.8) is 0 Å². The quantitative estimate of drug-likeness (QED) is 0.768. The Kier molecular flexibility index (Phi) is 6.69. The van der Waals surface area contributed by atoms with Crippen molar-refractivity contribution in [2.45, 2.75) is 20.4 Å². The van der Waals surface area contributed by atoms with Crippen LogP contribution in [0.4, 0.5) is 5.69 Å². The zero-order valence-electron chi connectivity index (χ0n) is 15.3. The molecule has 0 bridgehead atoms. The molecule has 0 saturated heterocycles. The lowest BCUT2D eigenvalue weighted by molar-refractivity contribution is 0.0949. The smallest absolute Gasteiger partial charge is 0.251 e. The molecular weight excluding hydrogens is 316 g/mol. The van der Waals surface area contributed by atoms with Gasteiger partial charge < -0.3 is 20.1 Å². The number of carbonyl (C=O) groups is 1. The molecule has 0 unspecified atom stereocenters. The third-order valence-electron chi connectivity index (χ3n) is 3.77. The first-order chi connectivity index (χ1) is 12.0. The number of carbonyl (C=O) groups excluding carboxylic acids is 1. The van der Waals surface area contributed by atoms with Crippen molar-refractivity contribution in [1.82, 2.24) is 5.32 Å². The average molecular weight is 342 g/mol. The average Bonchev–Trinajstić information content (AvgIpc) is 2.64. The number of hydrogen-bond donors (Lipinski definition) is 2. The van der Waals surface area contributed by atoms with Gasteiger partial charge in [0.15, 0.2) is 0 Å². The molecule has 0 aliphatic rings. The maximum atomic E-state index is 12.2. The minimum absolute atomic E-state index is 0.0561. The fourth-order valence-electron chi connectivity index (χ4n) is 2.36. The second-order valence-corrected chi connectivity index (χ2v) is 6.22. The summed E-state index contributed by atoms with van der Waals surface area (Å²) in [5.41, 5.74) is 2.54. The molecule has 25 heavy (non-hydrogen) atoms. The highest BCUT2D eigenvalue weighted by atomic mass is 16.5. The molecule has 2 rings (SSSR count). The van der Waals surface area contributed by atoms with Crippen LogP contribution >= 0.6 is 0 Å². The highest BCUT2D eigenvalue weighted by molar-refractivity contribution is 5.95. The number of rotatable bonds is 8. The number of benzene rings is 2. The van der Waals surface area contributed by atoms with Crippen molar-refractivity contribution in [2.75, 3.05) is 26.1 Å². The minimum Gasteiger partial charge on any atom is -0.497 e. The molecule has 0 aliphatic heterocycles. The van der Waals surface area contributed by atoms with Gasteiger partial charge in [-0.25, -0.2) is 0 Å². The Morgan fingerprint density at radius 3 is 2.56 bits per heavy atom. The molecule has 5 heteroatoms. The summed E-state index contributed by atoms with van der Waals surface area (Å²) in [6.45, 7) is 5.39. The topological polar surface area (TPSA) is 59.6 Å². The summed E-state index contributed by atoms with van der Waals surface area (Å²) < 4.78 is 10.6. The zero-order valence-corrected chi connectivity index (χ0v) is 15.3. The van der Waals surface area contributed by atoms with Crippen LogP contribution in [0.25, 0.3) is 0 Å². The van der Waals surface area contributed by atoms with Gasteiger partial charge in [-0.1, -0.05) is 19.9 Å². The lowest BCUT2D eigenvalue weighted by Gasteiger charge is -2.13. The molecule has 2 aromatic carbocycles. The third-order valence-corrected chi connectivity index (χ3v) is 3.77. The first-order valence-electron chi connectivity index (χ1n) is 8.36. The van der Waals surface area contributed by atoms with Crippen LogP contribution in [-0.2, 0) is 6.54 Å². The predicted molar refractivity (Wildman–Crippen MR) is 100 cm³/mol. The minimum atomic E-state index is -0.0561. The van der Waals surface area contributed by atoms with Crippen molar-refractivity contribution in [3.05, 3.63) is 53.6 Å². The molecule has 2 N–H and O–H groups in total. The standard InChI is InChI=1S/C20H26N2O3/c1-14(2)12-22-20(23)15-6-5-7-17(10-15)21-13-16-8-9-18(24-3)11-19(16)25-4/h5-11,14,21H,12-13H2,1-4H3,(H,22,23). The van der Waals surface area contributed by atoms with Crippen LogP contribution in [0.15, 0.2) is 42.5 Å². The molecule has 0 heterocycles. The van der Waals surface area contributed by atoms with E-state index < -0.39 is 0 Å². The van der Waals surface area contributed by atoms with E-state index in [1.807, 2.05) is 42.5 Å². The summed E-state index contributed by atoms with van der Waals surface area (Å²) >= 11 is 0. The highest BCUT2D eigenvalue weighted by Crippen LogP contribution is 2.25. The Balaban J connectivity index is 2.04. The van der Waals surface area contributed by atoms with Gasteiger partial charge in [-0.15, -0.1) is 0 Å². The summed E-state index contributed by atoms with van der Waals surface area (Å²) in [6, 6.07) is 13.2. The Morgan fingerprint density at radius 1 is 1.08 bits per heavy atom. The monoisotopic (exact) mass is 342 g/mol. The zero-order chi connectivity index (χ0) is 18.2. The maximum Gasteiger partial charge on any atom is 0.251 e. The number of ether oxygens (including phenoxy) is 2. The largest absolute Gasteiger partial charge is 0.497 e. The summed E-state index contributed by atoms with van der Waals surface area (Å²) in [7, 11) is 3.26. The van der Waals surface area contributed by atoms with Crippen LogP contribution in [-0.4, -0.2) is 26.7 Å². The molecule has 0 fully saturated rings. The first-order valence-corrected chi connectivity index (χ1v) is 8.36. The van der Waals surface area contributed by atoms with Gasteiger partial charge in [-0.2, -0.15) is 0 Å². The highest BCUT2D eigenvalue weighted by Gasteiger charge is 2.08. The van der Waals surface area contributed by atoms with Gasteiger partial charge in [0.25, 0.3) is 5.91 Å². The Labute approximate surface area is 149 Å². The summed E-state index contributed by atoms with van der Waals surface area (Å²) in [4.78, 5) is 12.2. The van der Waals surface area contributed by atoms with E-state index in [0.717, 1.165) is 22.7 Å². The van der Waals surface area contributed by atoms with Crippen molar-refractivity contribution < 1.29 is 14.3 Å². The van der Waals surface area contributed by atoms with Crippen molar-refractivity contribution in [1.29, 1.82) is 0 Å². The number of methoxy groups -OCH3 is 2. The first kappa shape index (κ1) is 18.6. The van der Waals surface area contributed by atoms with Crippen molar-refractivity contribution >= 4 is 11.6 Å². The second kappa shape index (κ2) is 8.97. The van der Waals surface area contributed by atoms with Gasteiger partial charge in [0.1, 0.15) is 11.5 Å². The van der Waals surface area contributed by atoms with Gasteiger partial charge in [0.2, 0.25) is 0 Å². The molecule has 0 atom stereocenters. The Morgan fingerprint density at radius 2 is 1.88 bits per heavy atom. The summed E-state index contributed by atoms with van der Waals surface area (Å²) in [6.07, 6.45) is 0. The van der Waals surface area contributed by atoms with Gasteiger partial charge in [-0.3, -0.25) is 4.79 Å². The second-order valence-electron chi connectivity index (χ2n) is 6.22. The van der Waals surface area contributed by atoms with Crippen LogP contribution in [0, 0.1) is 5.92 Å².